The van der Waals surface area contributed by atoms with Crippen molar-refractivity contribution in [2.24, 2.45) is 0 Å². The first-order valence-corrected chi connectivity index (χ1v) is 8.82. The van der Waals surface area contributed by atoms with Crippen LogP contribution in [-0.4, -0.2) is 67.8 Å². The van der Waals surface area contributed by atoms with Crippen molar-refractivity contribution in [2.45, 2.75) is 37.5 Å². The van der Waals surface area contributed by atoms with E-state index in [1.807, 2.05) is 35.2 Å². The van der Waals surface area contributed by atoms with E-state index in [0.717, 1.165) is 25.7 Å². The van der Waals surface area contributed by atoms with Crippen LogP contribution >= 0.6 is 0 Å². The predicted molar refractivity (Wildman–Crippen MR) is 104 cm³/mol. The summed E-state index contributed by atoms with van der Waals surface area (Å²) < 4.78 is 10.7. The Morgan fingerprint density at radius 1 is 1.41 bits per heavy atom. The summed E-state index contributed by atoms with van der Waals surface area (Å²) in [6.45, 7) is 1.15. The number of rotatable bonds is 9. The molecule has 1 heterocycles. The van der Waals surface area contributed by atoms with Crippen LogP contribution in [0.3, 0.4) is 0 Å². The fraction of sp³-hybridized carbons (Fsp3) is 0.526. The van der Waals surface area contributed by atoms with Crippen LogP contribution in [0.1, 0.15) is 18.4 Å². The molecule has 1 saturated heterocycles. The molecule has 1 aliphatic heterocycles. The van der Waals surface area contributed by atoms with Gasteiger partial charge in [0.15, 0.2) is 0 Å². The maximum absolute atomic E-state index is 12.1. The van der Waals surface area contributed by atoms with Crippen LogP contribution in [-0.2, 0) is 37.0 Å². The molecule has 3 unspecified atom stereocenters. The standard InChI is InChI=1S/C18H27BN3O3.CH3.W/c1-20-18(24)16-9-5-6-10-22(16)12-17(23)15(21-13-19-25)11-14-7-3-2-4-8-14;;/h2-5,7-8,15-17,21,23H,6,9-13H2,1H3,(H,20,24);1H3;/q2*-1;+2. The van der Waals surface area contributed by atoms with Crippen molar-refractivity contribution < 1.29 is 35.7 Å². The number of piperidine rings is 1. The largest absolute Gasteiger partial charge is 2.00 e. The topological polar surface area (TPSA) is 81.7 Å². The first-order valence-electron chi connectivity index (χ1n) is 8.82. The summed E-state index contributed by atoms with van der Waals surface area (Å²) in [6.07, 6.45) is 3.87. The normalized spacial score (nSPS) is 19.0. The molecule has 3 atom stereocenters. The van der Waals surface area contributed by atoms with Gasteiger partial charge in [0.25, 0.3) is 0 Å². The third-order valence-electron chi connectivity index (χ3n) is 4.65. The molecule has 0 saturated carbocycles. The number of carbonyl (C=O) groups is 1. The van der Waals surface area contributed by atoms with Gasteiger partial charge in [-0.3, -0.25) is 0 Å². The third kappa shape index (κ3) is 8.34. The van der Waals surface area contributed by atoms with Crippen molar-refractivity contribution >= 4 is 13.1 Å². The number of hydrogen-bond donors (Lipinski definition) is 3. The molecule has 1 aliphatic rings. The van der Waals surface area contributed by atoms with E-state index in [9.17, 15) is 14.6 Å². The Morgan fingerprint density at radius 3 is 2.74 bits per heavy atom. The number of likely N-dealkylation sites (N-methyl/N-ethyl adjacent to an activating group) is 1. The van der Waals surface area contributed by atoms with E-state index >= 15 is 0 Å². The van der Waals surface area contributed by atoms with Crippen LogP contribution in [0.4, 0.5) is 0 Å². The van der Waals surface area contributed by atoms with Gasteiger partial charge in [-0.25, -0.2) is 0 Å². The summed E-state index contributed by atoms with van der Waals surface area (Å²) in [5.41, 5.74) is 1.10. The number of benzene rings is 1. The summed E-state index contributed by atoms with van der Waals surface area (Å²) in [5, 5.41) is 16.6. The van der Waals surface area contributed by atoms with E-state index in [-0.39, 0.29) is 52.9 Å². The maximum atomic E-state index is 12.1. The van der Waals surface area contributed by atoms with Crippen LogP contribution < -0.4 is 10.6 Å². The molecule has 148 valence electrons. The molecule has 6 nitrogen and oxygen atoms in total. The summed E-state index contributed by atoms with van der Waals surface area (Å²) in [6, 6.07) is 9.39. The van der Waals surface area contributed by atoms with Gasteiger partial charge in [0, 0.05) is 0 Å². The molecule has 0 radical (unpaired) electrons. The number of β-amino-alcohol motifs (C(OH)–C–C–N with tert-alkyl or cyclic N) is 1. The van der Waals surface area contributed by atoms with Crippen LogP contribution in [0.5, 0.6) is 0 Å². The molecule has 2 rings (SSSR count). The van der Waals surface area contributed by atoms with E-state index in [0.29, 0.717) is 19.4 Å². The minimum Gasteiger partial charge on any atom is -0.358 e. The zero-order valence-corrected chi connectivity index (χ0v) is 19.1. The SMILES string of the molecule is CNC(=O)C1C[CH-]CCN1CC(O)C(Cc1ccccc1)NCB=O.[CH3-].[W+2]. The van der Waals surface area contributed by atoms with Gasteiger partial charge >= 0.3 is 171 Å². The van der Waals surface area contributed by atoms with E-state index in [2.05, 4.69) is 17.1 Å². The number of nitrogens with one attached hydrogen (secondary N) is 2. The molecule has 1 fully saturated rings. The molecule has 27 heavy (non-hydrogen) atoms. The molecule has 1 aromatic rings. The summed E-state index contributed by atoms with van der Waals surface area (Å²) in [4.78, 5) is 14.1. The summed E-state index contributed by atoms with van der Waals surface area (Å²) >= 11 is 0. The van der Waals surface area contributed by atoms with E-state index in [1.54, 1.807) is 7.05 Å². The van der Waals surface area contributed by atoms with Gasteiger partial charge in [0.2, 0.25) is 0 Å². The molecule has 1 aromatic carbocycles. The van der Waals surface area contributed by atoms with E-state index < -0.39 is 6.10 Å². The Balaban J connectivity index is 0.00000338. The van der Waals surface area contributed by atoms with Crippen molar-refractivity contribution in [1.29, 1.82) is 0 Å². The van der Waals surface area contributed by atoms with Gasteiger partial charge in [-0.1, -0.05) is 0 Å². The second kappa shape index (κ2) is 14.2. The zero-order valence-electron chi connectivity index (χ0n) is 16.1. The predicted octanol–water partition coefficient (Wildman–Crippen LogP) is 0.418. The molecule has 8 heteroatoms. The molecule has 1 amide bonds. The van der Waals surface area contributed by atoms with Crippen molar-refractivity contribution in [3.8, 4) is 0 Å². The van der Waals surface area contributed by atoms with Gasteiger partial charge in [0.05, 0.1) is 0 Å². The second-order valence-corrected chi connectivity index (χ2v) is 6.38. The fourth-order valence-corrected chi connectivity index (χ4v) is 3.28. The number of nitrogens with zero attached hydrogens (tertiary/aromatic N) is 1. The van der Waals surface area contributed by atoms with E-state index in [1.165, 1.54) is 0 Å². The van der Waals surface area contributed by atoms with Gasteiger partial charge in [-0.2, -0.15) is 0 Å². The average molecular weight is 543 g/mol. The molecule has 3 N–H and O–H groups in total. The minimum atomic E-state index is -0.676. The number of carbonyl (C=O) groups excluding carboxylic acids is 1. The van der Waals surface area contributed by atoms with Crippen molar-refractivity contribution in [3.05, 3.63) is 49.7 Å². The maximum Gasteiger partial charge on any atom is 2.00 e. The Bertz CT molecular complexity index is 550. The van der Waals surface area contributed by atoms with Crippen LogP contribution in [0.2, 0.25) is 0 Å². The molecule has 0 aromatic heterocycles. The van der Waals surface area contributed by atoms with Crippen molar-refractivity contribution in [1.82, 2.24) is 15.5 Å². The number of hydrogen-bond acceptors (Lipinski definition) is 5. The molecule has 0 spiro atoms. The number of aliphatic hydroxyl groups is 1. The third-order valence-corrected chi connectivity index (χ3v) is 4.65. The number of amides is 1. The summed E-state index contributed by atoms with van der Waals surface area (Å²) in [7, 11) is 2.43. The smallest absolute Gasteiger partial charge is 0.358 e. The second-order valence-electron chi connectivity index (χ2n) is 6.38. The van der Waals surface area contributed by atoms with E-state index in [4.69, 9.17) is 0 Å². The first kappa shape index (κ1) is 26.1. The Labute approximate surface area is 178 Å². The Morgan fingerprint density at radius 2 is 2.11 bits per heavy atom. The minimum absolute atomic E-state index is 0. The van der Waals surface area contributed by atoms with Gasteiger partial charge < -0.3 is 7.43 Å². The summed E-state index contributed by atoms with van der Waals surface area (Å²) in [5.74, 6) is -0.0244. The van der Waals surface area contributed by atoms with Crippen LogP contribution in [0.15, 0.2) is 30.3 Å². The van der Waals surface area contributed by atoms with Crippen molar-refractivity contribution in [2.75, 3.05) is 26.6 Å². The monoisotopic (exact) mass is 543 g/mol. The number of aliphatic hydroxyl groups excluding tert-OH is 1. The Hall–Kier alpha value is -0.877. The van der Waals surface area contributed by atoms with Gasteiger partial charge in [-0.05, 0) is 0 Å². The van der Waals surface area contributed by atoms with Gasteiger partial charge in [-0.15, -0.1) is 0 Å². The quantitative estimate of drug-likeness (QED) is 0.311. The first-order chi connectivity index (χ1) is 12.2. The average Bonchev–Trinajstić information content (AvgIpc) is 2.65. The molecular weight excluding hydrogens is 513 g/mol. The van der Waals surface area contributed by atoms with Crippen molar-refractivity contribution in [3.63, 3.8) is 0 Å². The van der Waals surface area contributed by atoms with Crippen LogP contribution in [0, 0.1) is 13.8 Å². The zero-order chi connectivity index (χ0) is 18.1. The van der Waals surface area contributed by atoms with Gasteiger partial charge in [0.1, 0.15) is 0 Å². The fourth-order valence-electron chi connectivity index (χ4n) is 3.28. The molecule has 0 aliphatic carbocycles. The Kier molecular flexibility index (Phi) is 13.7. The molecule has 0 bridgehead atoms. The number of likely N-dealkylation sites (tertiary alicyclic amines) is 1. The van der Waals surface area contributed by atoms with Crippen LogP contribution in [0.25, 0.3) is 0 Å². The molecular formula is C19H30BN3O3W.